The van der Waals surface area contributed by atoms with Crippen LogP contribution in [0, 0.1) is 0 Å². The largest absolute Gasteiger partial charge is 0.316 e. The van der Waals surface area contributed by atoms with E-state index < -0.39 is 0 Å². The first kappa shape index (κ1) is 12.7. The quantitative estimate of drug-likeness (QED) is 0.617. The summed E-state index contributed by atoms with van der Waals surface area (Å²) in [7, 11) is 1.95. The van der Waals surface area contributed by atoms with Gasteiger partial charge in [0.25, 0.3) is 0 Å². The average molecular weight is 267 g/mol. The summed E-state index contributed by atoms with van der Waals surface area (Å²) in [4.78, 5) is 2.70. The lowest BCUT2D eigenvalue weighted by atomic mass is 10.3. The number of hydrogen-bond donors (Lipinski definition) is 1. The monoisotopic (exact) mass is 267 g/mol. The van der Waals surface area contributed by atoms with Crippen molar-refractivity contribution in [3.63, 3.8) is 0 Å². The van der Waals surface area contributed by atoms with E-state index in [1.807, 2.05) is 41.0 Å². The lowest BCUT2D eigenvalue weighted by molar-refractivity contribution is 0.725. The van der Waals surface area contributed by atoms with Crippen LogP contribution in [0.2, 0.25) is 0 Å². The maximum Gasteiger partial charge on any atom is 0.0625 e. The Bertz CT molecular complexity index is 423. The molecule has 0 amide bonds. The van der Waals surface area contributed by atoms with Crippen LogP contribution in [0.1, 0.15) is 4.88 Å². The van der Waals surface area contributed by atoms with Gasteiger partial charge in [0.2, 0.25) is 0 Å². The zero-order chi connectivity index (χ0) is 11.9. The fourth-order valence-electron chi connectivity index (χ4n) is 1.51. The Morgan fingerprint density at radius 3 is 3.12 bits per heavy atom. The van der Waals surface area contributed by atoms with Crippen molar-refractivity contribution in [2.24, 2.45) is 7.05 Å². The maximum absolute atomic E-state index is 4.14. The summed E-state index contributed by atoms with van der Waals surface area (Å²) in [6, 6.07) is 4.30. The van der Waals surface area contributed by atoms with E-state index in [4.69, 9.17) is 0 Å². The van der Waals surface area contributed by atoms with Gasteiger partial charge in [0.05, 0.1) is 6.20 Å². The van der Waals surface area contributed by atoms with E-state index in [0.29, 0.717) is 0 Å². The third kappa shape index (κ3) is 4.53. The summed E-state index contributed by atoms with van der Waals surface area (Å²) in [6.07, 6.45) is 5.10. The summed E-state index contributed by atoms with van der Waals surface area (Å²) in [5.74, 6) is 1.09. The fourth-order valence-corrected chi connectivity index (χ4v) is 3.05. The Labute approximate surface area is 110 Å². The average Bonchev–Trinajstić information content (AvgIpc) is 2.95. The van der Waals surface area contributed by atoms with Crippen LogP contribution in [0.25, 0.3) is 0 Å². The molecule has 1 N–H and O–H groups in total. The Balaban J connectivity index is 1.52. The Kier molecular flexibility index (Phi) is 5.09. The van der Waals surface area contributed by atoms with E-state index >= 15 is 0 Å². The number of aryl methyl sites for hydroxylation is 1. The molecular weight excluding hydrogens is 250 g/mol. The molecule has 0 aliphatic heterocycles. The van der Waals surface area contributed by atoms with Crippen molar-refractivity contribution in [3.05, 3.63) is 34.8 Å². The Morgan fingerprint density at radius 2 is 2.41 bits per heavy atom. The standard InChI is InChI=1S/C12H17N3S2/c1-15-10-12(9-14-15)17-8-6-13-5-4-11-3-2-7-16-11/h2-3,7,9-10,13H,4-6,8H2,1H3. The predicted octanol–water partition coefficient (Wildman–Crippen LogP) is 2.41. The minimum atomic E-state index is 1.05. The molecule has 0 saturated carbocycles. The lowest BCUT2D eigenvalue weighted by Crippen LogP contribution is -2.19. The van der Waals surface area contributed by atoms with Crippen molar-refractivity contribution in [2.45, 2.75) is 11.3 Å². The zero-order valence-corrected chi connectivity index (χ0v) is 11.6. The van der Waals surface area contributed by atoms with Crippen molar-refractivity contribution in [2.75, 3.05) is 18.8 Å². The molecule has 2 aromatic heterocycles. The van der Waals surface area contributed by atoms with Crippen LogP contribution in [-0.2, 0) is 13.5 Å². The van der Waals surface area contributed by atoms with Gasteiger partial charge >= 0.3 is 0 Å². The van der Waals surface area contributed by atoms with Crippen molar-refractivity contribution < 1.29 is 0 Å². The number of aromatic nitrogens is 2. The highest BCUT2D eigenvalue weighted by atomic mass is 32.2. The van der Waals surface area contributed by atoms with Gasteiger partial charge in [-0.15, -0.1) is 23.1 Å². The molecule has 0 unspecified atom stereocenters. The van der Waals surface area contributed by atoms with E-state index in [2.05, 4.69) is 34.1 Å². The van der Waals surface area contributed by atoms with E-state index in [1.54, 1.807) is 0 Å². The van der Waals surface area contributed by atoms with Gasteiger partial charge in [-0.3, -0.25) is 4.68 Å². The van der Waals surface area contributed by atoms with Gasteiger partial charge in [0.1, 0.15) is 0 Å². The first-order chi connectivity index (χ1) is 8.34. The van der Waals surface area contributed by atoms with Gasteiger partial charge in [0, 0.05) is 35.3 Å². The fraction of sp³-hybridized carbons (Fsp3) is 0.417. The number of nitrogens with one attached hydrogen (secondary N) is 1. The van der Waals surface area contributed by atoms with Gasteiger partial charge in [-0.25, -0.2) is 0 Å². The molecule has 3 nitrogen and oxygen atoms in total. The molecule has 92 valence electrons. The maximum atomic E-state index is 4.14. The SMILES string of the molecule is Cn1cc(SCCNCCc2cccs2)cn1. The molecule has 0 saturated heterocycles. The summed E-state index contributed by atoms with van der Waals surface area (Å²) < 4.78 is 1.84. The Morgan fingerprint density at radius 1 is 1.47 bits per heavy atom. The van der Waals surface area contributed by atoms with Crippen molar-refractivity contribution in [1.82, 2.24) is 15.1 Å². The van der Waals surface area contributed by atoms with Gasteiger partial charge in [-0.1, -0.05) is 6.07 Å². The summed E-state index contributed by atoms with van der Waals surface area (Å²) in [6.45, 7) is 2.11. The highest BCUT2D eigenvalue weighted by Gasteiger charge is 1.97. The Hall–Kier alpha value is -0.780. The molecule has 0 aliphatic carbocycles. The molecule has 0 spiro atoms. The third-order valence-electron chi connectivity index (χ3n) is 2.36. The summed E-state index contributed by atoms with van der Waals surface area (Å²) in [5.41, 5.74) is 0. The number of hydrogen-bond acceptors (Lipinski definition) is 4. The smallest absolute Gasteiger partial charge is 0.0625 e. The van der Waals surface area contributed by atoms with Gasteiger partial charge < -0.3 is 5.32 Å². The molecule has 0 aliphatic rings. The van der Waals surface area contributed by atoms with Crippen LogP contribution in [0.4, 0.5) is 0 Å². The molecule has 2 aromatic rings. The molecule has 2 rings (SSSR count). The first-order valence-electron chi connectivity index (χ1n) is 5.69. The van der Waals surface area contributed by atoms with Gasteiger partial charge in [-0.05, 0) is 24.4 Å². The molecule has 0 fully saturated rings. The number of rotatable bonds is 7. The number of thioether (sulfide) groups is 1. The van der Waals surface area contributed by atoms with Crippen molar-refractivity contribution in [3.8, 4) is 0 Å². The van der Waals surface area contributed by atoms with E-state index in [0.717, 1.165) is 25.3 Å². The normalized spacial score (nSPS) is 10.9. The third-order valence-corrected chi connectivity index (χ3v) is 4.25. The highest BCUT2D eigenvalue weighted by molar-refractivity contribution is 7.99. The minimum Gasteiger partial charge on any atom is -0.316 e. The van der Waals surface area contributed by atoms with Gasteiger partial charge in [-0.2, -0.15) is 5.10 Å². The topological polar surface area (TPSA) is 29.9 Å². The van der Waals surface area contributed by atoms with Crippen LogP contribution in [0.3, 0.4) is 0 Å². The second-order valence-electron chi connectivity index (χ2n) is 3.78. The molecular formula is C12H17N3S2. The van der Waals surface area contributed by atoms with Crippen LogP contribution in [-0.4, -0.2) is 28.6 Å². The van der Waals surface area contributed by atoms with E-state index in [9.17, 15) is 0 Å². The number of thiophene rings is 1. The molecule has 0 bridgehead atoms. The molecule has 5 heteroatoms. The van der Waals surface area contributed by atoms with Crippen molar-refractivity contribution >= 4 is 23.1 Å². The summed E-state index contributed by atoms with van der Waals surface area (Å²) in [5, 5.41) is 9.73. The number of nitrogens with zero attached hydrogens (tertiary/aromatic N) is 2. The predicted molar refractivity (Wildman–Crippen MR) is 74.8 cm³/mol. The second kappa shape index (κ2) is 6.83. The van der Waals surface area contributed by atoms with Crippen LogP contribution < -0.4 is 5.32 Å². The minimum absolute atomic E-state index is 1.05. The van der Waals surface area contributed by atoms with Crippen molar-refractivity contribution in [1.29, 1.82) is 0 Å². The summed E-state index contributed by atoms with van der Waals surface area (Å²) >= 11 is 3.68. The zero-order valence-electron chi connectivity index (χ0n) is 9.93. The highest BCUT2D eigenvalue weighted by Crippen LogP contribution is 2.15. The van der Waals surface area contributed by atoms with E-state index in [1.165, 1.54) is 9.77 Å². The first-order valence-corrected chi connectivity index (χ1v) is 7.55. The molecule has 0 aromatic carbocycles. The van der Waals surface area contributed by atoms with Crippen LogP contribution in [0.5, 0.6) is 0 Å². The molecule has 17 heavy (non-hydrogen) atoms. The molecule has 2 heterocycles. The second-order valence-corrected chi connectivity index (χ2v) is 5.98. The van der Waals surface area contributed by atoms with Crippen LogP contribution in [0.15, 0.2) is 34.8 Å². The molecule has 0 radical (unpaired) electrons. The molecule has 0 atom stereocenters. The van der Waals surface area contributed by atoms with E-state index in [-0.39, 0.29) is 0 Å². The lowest BCUT2D eigenvalue weighted by Gasteiger charge is -2.02. The van der Waals surface area contributed by atoms with Gasteiger partial charge in [0.15, 0.2) is 0 Å². The van der Waals surface area contributed by atoms with Crippen LogP contribution >= 0.6 is 23.1 Å².